The molecule has 0 spiro atoms. The van der Waals surface area contributed by atoms with Crippen LogP contribution in [0.1, 0.15) is 0 Å². The average Bonchev–Trinajstić information content (AvgIpc) is 2.53. The smallest absolute Gasteiger partial charge is 0.294 e. The molecule has 2 N–H and O–H groups in total. The molecular formula is C14H15N3O5S. The van der Waals surface area contributed by atoms with Gasteiger partial charge in [0.05, 0.1) is 18.1 Å². The average molecular weight is 337 g/mol. The molecule has 1 amide bonds. The van der Waals surface area contributed by atoms with Gasteiger partial charge in [-0.2, -0.15) is 13.7 Å². The topological polar surface area (TPSA) is 120 Å². The van der Waals surface area contributed by atoms with Crippen molar-refractivity contribution in [3.63, 3.8) is 0 Å². The second kappa shape index (κ2) is 7.23. The zero-order valence-corrected chi connectivity index (χ0v) is 12.9. The lowest BCUT2D eigenvalue weighted by atomic mass is 10.2. The van der Waals surface area contributed by atoms with Gasteiger partial charge >= 0.3 is 0 Å². The van der Waals surface area contributed by atoms with Gasteiger partial charge in [0.2, 0.25) is 0 Å². The summed E-state index contributed by atoms with van der Waals surface area (Å²) in [6.07, 6.45) is 1.48. The van der Waals surface area contributed by atoms with Crippen LogP contribution in [-0.4, -0.2) is 50.1 Å². The zero-order chi connectivity index (χ0) is 16.9. The number of amides is 1. The molecular weight excluding hydrogens is 322 g/mol. The maximum atomic E-state index is 12.1. The number of morpholine rings is 1. The summed E-state index contributed by atoms with van der Waals surface area (Å²) < 4.78 is 36.0. The van der Waals surface area contributed by atoms with Gasteiger partial charge in [-0.25, -0.2) is 0 Å². The molecule has 8 nitrogen and oxygen atoms in total. The lowest BCUT2D eigenvalue weighted by molar-refractivity contribution is -0.112. The first-order valence-corrected chi connectivity index (χ1v) is 8.17. The van der Waals surface area contributed by atoms with E-state index in [9.17, 15) is 13.2 Å². The molecule has 1 aromatic rings. The molecule has 1 aliphatic heterocycles. The molecule has 0 saturated carbocycles. The van der Waals surface area contributed by atoms with Gasteiger partial charge in [-0.1, -0.05) is 0 Å². The van der Waals surface area contributed by atoms with E-state index in [1.54, 1.807) is 0 Å². The van der Waals surface area contributed by atoms with E-state index >= 15 is 0 Å². The summed E-state index contributed by atoms with van der Waals surface area (Å²) in [4.78, 5) is 13.6. The maximum absolute atomic E-state index is 12.1. The molecule has 0 bridgehead atoms. The molecule has 1 heterocycles. The fraction of sp³-hybridized carbons (Fsp3) is 0.286. The number of anilines is 1. The minimum Gasteiger partial charge on any atom is -0.378 e. The molecule has 1 aromatic carbocycles. The molecule has 1 fully saturated rings. The molecule has 0 aromatic heterocycles. The van der Waals surface area contributed by atoms with Crippen LogP contribution in [0.2, 0.25) is 0 Å². The van der Waals surface area contributed by atoms with Crippen LogP contribution in [0, 0.1) is 11.3 Å². The summed E-state index contributed by atoms with van der Waals surface area (Å²) >= 11 is 0. The van der Waals surface area contributed by atoms with E-state index in [0.717, 1.165) is 12.1 Å². The Morgan fingerprint density at radius 2 is 1.91 bits per heavy atom. The molecule has 122 valence electrons. The number of ether oxygens (including phenoxy) is 1. The van der Waals surface area contributed by atoms with Crippen molar-refractivity contribution in [2.45, 2.75) is 4.90 Å². The second-order valence-electron chi connectivity index (χ2n) is 4.76. The van der Waals surface area contributed by atoms with Crippen molar-refractivity contribution < 1.29 is 22.5 Å². The predicted octanol–water partition coefficient (Wildman–Crippen LogP) is 0.611. The molecule has 0 aliphatic carbocycles. The Morgan fingerprint density at radius 3 is 2.43 bits per heavy atom. The van der Waals surface area contributed by atoms with Gasteiger partial charge in [-0.15, -0.1) is 0 Å². The van der Waals surface area contributed by atoms with Crippen molar-refractivity contribution in [1.29, 1.82) is 5.26 Å². The lowest BCUT2D eigenvalue weighted by Crippen LogP contribution is -2.33. The quantitative estimate of drug-likeness (QED) is 0.469. The summed E-state index contributed by atoms with van der Waals surface area (Å²) in [5.41, 5.74) is 0.247. The van der Waals surface area contributed by atoms with E-state index in [0.29, 0.717) is 32.0 Å². The number of hydrogen-bond donors (Lipinski definition) is 2. The molecule has 9 heteroatoms. The number of hydrogen-bond acceptors (Lipinski definition) is 6. The molecule has 23 heavy (non-hydrogen) atoms. The monoisotopic (exact) mass is 337 g/mol. The minimum atomic E-state index is -4.28. The molecule has 1 aliphatic rings. The van der Waals surface area contributed by atoms with Crippen molar-refractivity contribution >= 4 is 21.7 Å². The van der Waals surface area contributed by atoms with Gasteiger partial charge in [0, 0.05) is 25.0 Å². The maximum Gasteiger partial charge on any atom is 0.294 e. The molecule has 0 atom stereocenters. The number of nitriles is 1. The minimum absolute atomic E-state index is 0.0641. The van der Waals surface area contributed by atoms with Crippen LogP contribution in [0.15, 0.2) is 40.9 Å². The number of carbonyl (C=O) groups excluding carboxylic acids is 1. The van der Waals surface area contributed by atoms with Gasteiger partial charge < -0.3 is 15.0 Å². The summed E-state index contributed by atoms with van der Waals surface area (Å²) in [5.74, 6) is -0.599. The lowest BCUT2D eigenvalue weighted by Gasteiger charge is -2.25. The number of nitrogens with one attached hydrogen (secondary N) is 1. The van der Waals surface area contributed by atoms with E-state index in [-0.39, 0.29) is 10.5 Å². The Kier molecular flexibility index (Phi) is 5.33. The highest BCUT2D eigenvalue weighted by Crippen LogP contribution is 2.14. The van der Waals surface area contributed by atoms with Crippen LogP contribution in [0.5, 0.6) is 0 Å². The number of nitrogens with zero attached hydrogens (tertiary/aromatic N) is 2. The Labute approximate surface area is 133 Å². The van der Waals surface area contributed by atoms with Gasteiger partial charge in [-0.05, 0) is 24.3 Å². The van der Waals surface area contributed by atoms with Crippen LogP contribution in [0.4, 0.5) is 5.69 Å². The van der Waals surface area contributed by atoms with Crippen molar-refractivity contribution in [3.05, 3.63) is 36.0 Å². The van der Waals surface area contributed by atoms with Gasteiger partial charge in [0.15, 0.2) is 0 Å². The van der Waals surface area contributed by atoms with Crippen molar-refractivity contribution in [1.82, 2.24) is 4.90 Å². The molecule has 2 rings (SSSR count). The van der Waals surface area contributed by atoms with Crippen molar-refractivity contribution in [2.75, 3.05) is 31.6 Å². The fourth-order valence-corrected chi connectivity index (χ4v) is 2.42. The second-order valence-corrected chi connectivity index (χ2v) is 6.18. The zero-order valence-electron chi connectivity index (χ0n) is 12.1. The highest BCUT2D eigenvalue weighted by molar-refractivity contribution is 7.85. The van der Waals surface area contributed by atoms with Crippen LogP contribution in [0.3, 0.4) is 0 Å². The first-order chi connectivity index (χ1) is 10.9. The Morgan fingerprint density at radius 1 is 1.30 bits per heavy atom. The van der Waals surface area contributed by atoms with E-state index in [2.05, 4.69) is 5.32 Å². The SMILES string of the molecule is N#C/C(=C/N1CCOCC1)C(=O)Nc1ccc(S(=O)(=O)O)cc1. The first-order valence-electron chi connectivity index (χ1n) is 6.73. The largest absolute Gasteiger partial charge is 0.378 e. The molecule has 1 saturated heterocycles. The summed E-state index contributed by atoms with van der Waals surface area (Å²) in [6, 6.07) is 6.79. The van der Waals surface area contributed by atoms with E-state index in [1.807, 2.05) is 11.0 Å². The number of benzene rings is 1. The fourth-order valence-electron chi connectivity index (χ4n) is 1.94. The van der Waals surface area contributed by atoms with Crippen LogP contribution in [0.25, 0.3) is 0 Å². The van der Waals surface area contributed by atoms with Crippen molar-refractivity contribution in [2.24, 2.45) is 0 Å². The van der Waals surface area contributed by atoms with Crippen molar-refractivity contribution in [3.8, 4) is 6.07 Å². The standard InChI is InChI=1S/C14H15N3O5S/c15-9-11(10-17-5-7-22-8-6-17)14(18)16-12-1-3-13(4-2-12)23(19,20)21/h1-4,10H,5-8H2,(H,16,18)(H,19,20,21)/b11-10-. The van der Waals surface area contributed by atoms with Crippen LogP contribution >= 0.6 is 0 Å². The van der Waals surface area contributed by atoms with E-state index < -0.39 is 16.0 Å². The summed E-state index contributed by atoms with van der Waals surface area (Å²) in [5, 5.41) is 11.6. The molecule has 0 unspecified atom stereocenters. The van der Waals surface area contributed by atoms with Crippen LogP contribution < -0.4 is 5.32 Å². The van der Waals surface area contributed by atoms with E-state index in [1.165, 1.54) is 18.3 Å². The third-order valence-electron chi connectivity index (χ3n) is 3.13. The highest BCUT2D eigenvalue weighted by atomic mass is 32.2. The number of carbonyl (C=O) groups is 1. The number of rotatable bonds is 4. The highest BCUT2D eigenvalue weighted by Gasteiger charge is 2.14. The Bertz CT molecular complexity index is 744. The Hall–Kier alpha value is -2.41. The van der Waals surface area contributed by atoms with Gasteiger partial charge in [-0.3, -0.25) is 9.35 Å². The van der Waals surface area contributed by atoms with Gasteiger partial charge in [0.25, 0.3) is 16.0 Å². The summed E-state index contributed by atoms with van der Waals surface area (Å²) in [7, 11) is -4.28. The third-order valence-corrected chi connectivity index (χ3v) is 4.00. The van der Waals surface area contributed by atoms with Gasteiger partial charge in [0.1, 0.15) is 11.6 Å². The molecule has 0 radical (unpaired) electrons. The normalized spacial score (nSPS) is 15.8. The third kappa shape index (κ3) is 4.79. The van der Waals surface area contributed by atoms with Crippen LogP contribution in [-0.2, 0) is 19.6 Å². The predicted molar refractivity (Wildman–Crippen MR) is 81.0 cm³/mol. The first kappa shape index (κ1) is 17.0. The Balaban J connectivity index is 2.07. The summed E-state index contributed by atoms with van der Waals surface area (Å²) in [6.45, 7) is 2.27. The van der Waals surface area contributed by atoms with E-state index in [4.69, 9.17) is 14.6 Å².